The standard InChI is InChI=1S/C20H22FN3O3/c1-23(2)17(14-6-5-7-15(21)12-14)13-22-19(25)10-11-24-16-8-3-4-9-18(16)27-20(24)26/h3-9,12,17H,10-11,13H2,1-2H3,(H,22,25)/t17-/m1/s1. The Balaban J connectivity index is 1.61. The molecule has 2 aromatic carbocycles. The second-order valence-corrected chi connectivity index (χ2v) is 6.58. The molecule has 0 bridgehead atoms. The lowest BCUT2D eigenvalue weighted by Crippen LogP contribution is -2.35. The third-order valence-electron chi connectivity index (χ3n) is 4.49. The van der Waals surface area contributed by atoms with Crippen LogP contribution in [0.15, 0.2) is 57.7 Å². The van der Waals surface area contributed by atoms with E-state index in [9.17, 15) is 14.0 Å². The molecule has 3 aromatic rings. The van der Waals surface area contributed by atoms with E-state index < -0.39 is 5.76 Å². The monoisotopic (exact) mass is 371 g/mol. The summed E-state index contributed by atoms with van der Waals surface area (Å²) in [4.78, 5) is 26.1. The molecule has 0 fully saturated rings. The summed E-state index contributed by atoms with van der Waals surface area (Å²) in [6, 6.07) is 13.3. The highest BCUT2D eigenvalue weighted by Crippen LogP contribution is 2.18. The number of likely N-dealkylation sites (N-methyl/N-ethyl adjacent to an activating group) is 1. The lowest BCUT2D eigenvalue weighted by molar-refractivity contribution is -0.121. The first-order valence-corrected chi connectivity index (χ1v) is 8.72. The lowest BCUT2D eigenvalue weighted by Gasteiger charge is -2.25. The molecule has 7 heteroatoms. The van der Waals surface area contributed by atoms with E-state index >= 15 is 0 Å². The highest BCUT2D eigenvalue weighted by molar-refractivity contribution is 5.76. The maximum atomic E-state index is 13.5. The fraction of sp³-hybridized carbons (Fsp3) is 0.300. The van der Waals surface area contributed by atoms with Crippen molar-refractivity contribution in [3.8, 4) is 0 Å². The largest absolute Gasteiger partial charge is 0.419 e. The summed E-state index contributed by atoms with van der Waals surface area (Å²) in [6.45, 7) is 0.574. The van der Waals surface area contributed by atoms with Crippen LogP contribution in [0.4, 0.5) is 4.39 Å². The third kappa shape index (κ3) is 4.43. The van der Waals surface area contributed by atoms with E-state index in [0.29, 0.717) is 17.6 Å². The van der Waals surface area contributed by atoms with Gasteiger partial charge in [-0.15, -0.1) is 0 Å². The number of carbonyl (C=O) groups excluding carboxylic acids is 1. The van der Waals surface area contributed by atoms with Gasteiger partial charge in [-0.3, -0.25) is 9.36 Å². The minimum Gasteiger partial charge on any atom is -0.408 e. The molecule has 0 unspecified atom stereocenters. The summed E-state index contributed by atoms with van der Waals surface area (Å²) < 4.78 is 20.1. The molecule has 1 aromatic heterocycles. The summed E-state index contributed by atoms with van der Waals surface area (Å²) in [7, 11) is 3.75. The lowest BCUT2D eigenvalue weighted by atomic mass is 10.1. The van der Waals surface area contributed by atoms with Crippen molar-refractivity contribution in [3.63, 3.8) is 0 Å². The minimum absolute atomic E-state index is 0.146. The number of amides is 1. The summed E-state index contributed by atoms with van der Waals surface area (Å²) in [5.74, 6) is -0.970. The van der Waals surface area contributed by atoms with Gasteiger partial charge in [0.25, 0.3) is 0 Å². The van der Waals surface area contributed by atoms with Crippen LogP contribution in [0.3, 0.4) is 0 Å². The Labute approximate surface area is 156 Å². The average Bonchev–Trinajstić information content (AvgIpc) is 2.95. The third-order valence-corrected chi connectivity index (χ3v) is 4.49. The predicted molar refractivity (Wildman–Crippen MR) is 101 cm³/mol. The molecule has 3 rings (SSSR count). The molecule has 1 heterocycles. The van der Waals surface area contributed by atoms with Gasteiger partial charge in [-0.2, -0.15) is 0 Å². The van der Waals surface area contributed by atoms with Crippen LogP contribution in [0.2, 0.25) is 0 Å². The van der Waals surface area contributed by atoms with E-state index in [2.05, 4.69) is 5.32 Å². The van der Waals surface area contributed by atoms with Crippen LogP contribution in [-0.2, 0) is 11.3 Å². The van der Waals surface area contributed by atoms with E-state index in [4.69, 9.17) is 4.42 Å². The van der Waals surface area contributed by atoms with Crippen molar-refractivity contribution in [2.24, 2.45) is 0 Å². The van der Waals surface area contributed by atoms with Gasteiger partial charge in [-0.1, -0.05) is 24.3 Å². The number of nitrogens with one attached hydrogen (secondary N) is 1. The number of aromatic nitrogens is 1. The smallest absolute Gasteiger partial charge is 0.408 e. The number of hydrogen-bond acceptors (Lipinski definition) is 4. The van der Waals surface area contributed by atoms with Gasteiger partial charge >= 0.3 is 5.76 Å². The number of aryl methyl sites for hydroxylation is 1. The zero-order valence-corrected chi connectivity index (χ0v) is 15.3. The highest BCUT2D eigenvalue weighted by atomic mass is 19.1. The predicted octanol–water partition coefficient (Wildman–Crippen LogP) is 2.54. The minimum atomic E-state index is -0.477. The second kappa shape index (κ2) is 8.18. The molecule has 0 radical (unpaired) electrons. The van der Waals surface area contributed by atoms with Crippen molar-refractivity contribution < 1.29 is 13.6 Å². The first-order valence-electron chi connectivity index (χ1n) is 8.72. The van der Waals surface area contributed by atoms with Crippen molar-refractivity contribution >= 4 is 17.0 Å². The molecule has 6 nitrogen and oxygen atoms in total. The highest BCUT2D eigenvalue weighted by Gasteiger charge is 2.16. The Bertz CT molecular complexity index is 993. The number of oxazole rings is 1. The molecular weight excluding hydrogens is 349 g/mol. The maximum absolute atomic E-state index is 13.5. The van der Waals surface area contributed by atoms with Crippen LogP contribution in [0.25, 0.3) is 11.1 Å². The van der Waals surface area contributed by atoms with E-state index in [1.54, 1.807) is 24.3 Å². The molecule has 1 N–H and O–H groups in total. The van der Waals surface area contributed by atoms with Crippen LogP contribution in [-0.4, -0.2) is 36.0 Å². The molecule has 1 amide bonds. The van der Waals surface area contributed by atoms with Crippen molar-refractivity contribution in [2.45, 2.75) is 19.0 Å². The van der Waals surface area contributed by atoms with Gasteiger partial charge < -0.3 is 14.6 Å². The van der Waals surface area contributed by atoms with Gasteiger partial charge in [0, 0.05) is 19.5 Å². The number of fused-ring (bicyclic) bond motifs is 1. The normalized spacial score (nSPS) is 12.4. The van der Waals surface area contributed by atoms with Gasteiger partial charge in [0.1, 0.15) is 5.82 Å². The average molecular weight is 371 g/mol. The summed E-state index contributed by atoms with van der Waals surface area (Å²) in [6.07, 6.45) is 0.146. The Morgan fingerprint density at radius 1 is 1.22 bits per heavy atom. The molecule has 27 heavy (non-hydrogen) atoms. The number of hydrogen-bond donors (Lipinski definition) is 1. The topological polar surface area (TPSA) is 67.5 Å². The van der Waals surface area contributed by atoms with E-state index in [-0.39, 0.29) is 30.7 Å². The second-order valence-electron chi connectivity index (χ2n) is 6.58. The Morgan fingerprint density at radius 2 is 2.00 bits per heavy atom. The zero-order valence-electron chi connectivity index (χ0n) is 15.3. The van der Waals surface area contributed by atoms with Crippen molar-refractivity contribution in [1.29, 1.82) is 0 Å². The quantitative estimate of drug-likeness (QED) is 0.693. The van der Waals surface area contributed by atoms with Crippen LogP contribution < -0.4 is 11.1 Å². The molecule has 1 atom stereocenters. The number of para-hydroxylation sites is 2. The zero-order chi connectivity index (χ0) is 19.4. The molecule has 0 spiro atoms. The van der Waals surface area contributed by atoms with Crippen LogP contribution in [0.1, 0.15) is 18.0 Å². The van der Waals surface area contributed by atoms with Gasteiger partial charge in [0.2, 0.25) is 5.91 Å². The molecule has 0 aliphatic rings. The summed E-state index contributed by atoms with van der Waals surface area (Å²) >= 11 is 0. The summed E-state index contributed by atoms with van der Waals surface area (Å²) in [5, 5.41) is 2.86. The van der Waals surface area contributed by atoms with Gasteiger partial charge in [-0.05, 0) is 43.9 Å². The fourth-order valence-corrected chi connectivity index (χ4v) is 3.05. The Morgan fingerprint density at radius 3 is 2.74 bits per heavy atom. The number of nitrogens with zero attached hydrogens (tertiary/aromatic N) is 2. The summed E-state index contributed by atoms with van der Waals surface area (Å²) in [5.41, 5.74) is 1.96. The molecule has 142 valence electrons. The SMILES string of the molecule is CN(C)[C@H](CNC(=O)CCn1c(=O)oc2ccccc21)c1cccc(F)c1. The number of rotatable bonds is 7. The first-order chi connectivity index (χ1) is 13.0. The van der Waals surface area contributed by atoms with Crippen molar-refractivity contribution in [2.75, 3.05) is 20.6 Å². The fourth-order valence-electron chi connectivity index (χ4n) is 3.05. The Kier molecular flexibility index (Phi) is 5.71. The maximum Gasteiger partial charge on any atom is 0.419 e. The molecule has 0 aliphatic carbocycles. The van der Waals surface area contributed by atoms with E-state index in [1.807, 2.05) is 31.1 Å². The van der Waals surface area contributed by atoms with Gasteiger partial charge in [0.15, 0.2) is 5.58 Å². The van der Waals surface area contributed by atoms with Crippen LogP contribution in [0.5, 0.6) is 0 Å². The van der Waals surface area contributed by atoms with Crippen molar-refractivity contribution in [3.05, 3.63) is 70.5 Å². The van der Waals surface area contributed by atoms with E-state index in [1.165, 1.54) is 16.7 Å². The Hall–Kier alpha value is -2.93. The van der Waals surface area contributed by atoms with E-state index in [0.717, 1.165) is 5.56 Å². The van der Waals surface area contributed by atoms with Gasteiger partial charge in [0.05, 0.1) is 11.6 Å². The molecule has 0 saturated carbocycles. The number of carbonyl (C=O) groups is 1. The van der Waals surface area contributed by atoms with Crippen molar-refractivity contribution in [1.82, 2.24) is 14.8 Å². The number of halogens is 1. The molecule has 0 aliphatic heterocycles. The van der Waals surface area contributed by atoms with Crippen LogP contribution in [0, 0.1) is 5.82 Å². The van der Waals surface area contributed by atoms with Gasteiger partial charge in [-0.25, -0.2) is 9.18 Å². The van der Waals surface area contributed by atoms with Crippen LogP contribution >= 0.6 is 0 Å². The molecule has 0 saturated heterocycles. The molecular formula is C20H22FN3O3. The first kappa shape index (κ1) is 18.8. The number of benzene rings is 2.